The van der Waals surface area contributed by atoms with Gasteiger partial charge in [0, 0.05) is 32.2 Å². The Morgan fingerprint density at radius 3 is 2.94 bits per heavy atom. The molecule has 1 amide bonds. The van der Waals surface area contributed by atoms with Gasteiger partial charge in [0.25, 0.3) is 0 Å². The molecule has 100 valence electrons. The summed E-state index contributed by atoms with van der Waals surface area (Å²) in [5.41, 5.74) is 0. The predicted octanol–water partition coefficient (Wildman–Crippen LogP) is 1.45. The number of rotatable bonds is 9. The Bertz CT molecular complexity index is 204. The van der Waals surface area contributed by atoms with Crippen molar-refractivity contribution in [1.29, 1.82) is 0 Å². The van der Waals surface area contributed by atoms with E-state index in [1.807, 2.05) is 0 Å². The summed E-state index contributed by atoms with van der Waals surface area (Å²) in [6, 6.07) is 0.399. The highest BCUT2D eigenvalue weighted by molar-refractivity contribution is 5.76. The zero-order valence-corrected chi connectivity index (χ0v) is 11.0. The minimum Gasteiger partial charge on any atom is -0.381 e. The fourth-order valence-corrected chi connectivity index (χ4v) is 1.98. The number of amides is 1. The first-order valence-electron chi connectivity index (χ1n) is 6.90. The van der Waals surface area contributed by atoms with E-state index in [2.05, 4.69) is 17.6 Å². The molecule has 0 bridgehead atoms. The molecule has 0 aliphatic carbocycles. The third kappa shape index (κ3) is 7.34. The van der Waals surface area contributed by atoms with E-state index >= 15 is 0 Å². The average molecular weight is 242 g/mol. The van der Waals surface area contributed by atoms with Crippen molar-refractivity contribution in [3.63, 3.8) is 0 Å². The lowest BCUT2D eigenvalue weighted by atomic mass is 10.1. The summed E-state index contributed by atoms with van der Waals surface area (Å²) in [6.07, 6.45) is 6.16. The van der Waals surface area contributed by atoms with Crippen molar-refractivity contribution >= 4 is 5.91 Å². The van der Waals surface area contributed by atoms with Crippen LogP contribution in [0.1, 0.15) is 45.4 Å². The molecule has 0 aromatic rings. The van der Waals surface area contributed by atoms with Gasteiger partial charge in [0.05, 0.1) is 0 Å². The lowest BCUT2D eigenvalue weighted by Gasteiger charge is -2.10. The van der Waals surface area contributed by atoms with Crippen LogP contribution in [0.25, 0.3) is 0 Å². The van der Waals surface area contributed by atoms with Gasteiger partial charge in [-0.05, 0) is 32.2 Å². The molecule has 17 heavy (non-hydrogen) atoms. The number of ether oxygens (including phenoxy) is 1. The van der Waals surface area contributed by atoms with Gasteiger partial charge in [0.15, 0.2) is 0 Å². The van der Waals surface area contributed by atoms with E-state index in [1.165, 1.54) is 12.8 Å². The van der Waals surface area contributed by atoms with E-state index in [-0.39, 0.29) is 5.91 Å². The molecule has 1 saturated heterocycles. The van der Waals surface area contributed by atoms with Gasteiger partial charge in [-0.15, -0.1) is 0 Å². The third-order valence-corrected chi connectivity index (χ3v) is 3.02. The Kier molecular flexibility index (Phi) is 8.01. The Hall–Kier alpha value is -0.610. The van der Waals surface area contributed by atoms with Gasteiger partial charge < -0.3 is 15.4 Å². The summed E-state index contributed by atoms with van der Waals surface area (Å²) in [4.78, 5) is 11.5. The highest BCUT2D eigenvalue weighted by atomic mass is 16.5. The maximum Gasteiger partial charge on any atom is 0.221 e. The lowest BCUT2D eigenvalue weighted by molar-refractivity contribution is -0.121. The Morgan fingerprint density at radius 1 is 1.41 bits per heavy atom. The standard InChI is InChI=1S/C13H26N2O2/c1-2-3-9-17-10-5-8-15-13(16)11-12-6-4-7-14-12/h12,14H,2-11H2,1H3,(H,15,16). The fraction of sp³-hybridized carbons (Fsp3) is 0.923. The Morgan fingerprint density at radius 2 is 2.24 bits per heavy atom. The quantitative estimate of drug-likeness (QED) is 0.602. The summed E-state index contributed by atoms with van der Waals surface area (Å²) in [5.74, 6) is 0.165. The van der Waals surface area contributed by atoms with E-state index < -0.39 is 0 Å². The van der Waals surface area contributed by atoms with Crippen LogP contribution in [-0.2, 0) is 9.53 Å². The Balaban J connectivity index is 1.86. The summed E-state index contributed by atoms with van der Waals surface area (Å²) in [6.45, 7) is 5.54. The summed E-state index contributed by atoms with van der Waals surface area (Å²) < 4.78 is 5.43. The van der Waals surface area contributed by atoms with Crippen LogP contribution in [0.2, 0.25) is 0 Å². The first-order chi connectivity index (χ1) is 8.33. The highest BCUT2D eigenvalue weighted by Crippen LogP contribution is 2.07. The molecule has 1 heterocycles. The molecule has 0 radical (unpaired) electrons. The zero-order chi connectivity index (χ0) is 12.3. The molecule has 1 rings (SSSR count). The molecule has 0 spiro atoms. The molecule has 2 N–H and O–H groups in total. The minimum absolute atomic E-state index is 0.165. The molecule has 0 aromatic heterocycles. The molecule has 0 aromatic carbocycles. The molecular formula is C13H26N2O2. The number of hydrogen-bond acceptors (Lipinski definition) is 3. The van der Waals surface area contributed by atoms with Crippen molar-refractivity contribution in [1.82, 2.24) is 10.6 Å². The van der Waals surface area contributed by atoms with Crippen LogP contribution in [0.15, 0.2) is 0 Å². The van der Waals surface area contributed by atoms with E-state index in [1.54, 1.807) is 0 Å². The SMILES string of the molecule is CCCCOCCCNC(=O)CC1CCCN1. The van der Waals surface area contributed by atoms with E-state index in [0.29, 0.717) is 12.5 Å². The van der Waals surface area contributed by atoms with Crippen molar-refractivity contribution in [3.05, 3.63) is 0 Å². The van der Waals surface area contributed by atoms with E-state index in [4.69, 9.17) is 4.74 Å². The molecule has 1 unspecified atom stereocenters. The zero-order valence-electron chi connectivity index (χ0n) is 11.0. The molecule has 4 nitrogen and oxygen atoms in total. The fourth-order valence-electron chi connectivity index (χ4n) is 1.98. The van der Waals surface area contributed by atoms with Crippen molar-refractivity contribution in [2.75, 3.05) is 26.3 Å². The second-order valence-electron chi connectivity index (χ2n) is 4.67. The number of carbonyl (C=O) groups excluding carboxylic acids is 1. The third-order valence-electron chi connectivity index (χ3n) is 3.02. The van der Waals surface area contributed by atoms with Gasteiger partial charge in [-0.25, -0.2) is 0 Å². The van der Waals surface area contributed by atoms with Crippen LogP contribution < -0.4 is 10.6 Å². The van der Waals surface area contributed by atoms with E-state index in [0.717, 1.165) is 45.6 Å². The van der Waals surface area contributed by atoms with Crippen LogP contribution in [0.5, 0.6) is 0 Å². The molecule has 0 saturated carbocycles. The van der Waals surface area contributed by atoms with Crippen molar-refractivity contribution < 1.29 is 9.53 Å². The summed E-state index contributed by atoms with van der Waals surface area (Å²) in [7, 11) is 0. The van der Waals surface area contributed by atoms with Gasteiger partial charge >= 0.3 is 0 Å². The van der Waals surface area contributed by atoms with Crippen LogP contribution in [-0.4, -0.2) is 38.3 Å². The van der Waals surface area contributed by atoms with E-state index in [9.17, 15) is 4.79 Å². The second-order valence-corrected chi connectivity index (χ2v) is 4.67. The normalized spacial score (nSPS) is 19.5. The lowest BCUT2D eigenvalue weighted by Crippen LogP contribution is -2.32. The molecular weight excluding hydrogens is 216 g/mol. The molecule has 1 atom stereocenters. The van der Waals surface area contributed by atoms with Crippen molar-refractivity contribution in [3.8, 4) is 0 Å². The molecule has 1 fully saturated rings. The van der Waals surface area contributed by atoms with Crippen LogP contribution in [0.3, 0.4) is 0 Å². The van der Waals surface area contributed by atoms with Crippen LogP contribution in [0, 0.1) is 0 Å². The first-order valence-corrected chi connectivity index (χ1v) is 6.90. The predicted molar refractivity (Wildman–Crippen MR) is 69.0 cm³/mol. The maximum absolute atomic E-state index is 11.5. The number of unbranched alkanes of at least 4 members (excludes halogenated alkanes) is 1. The molecule has 4 heteroatoms. The first kappa shape index (κ1) is 14.5. The van der Waals surface area contributed by atoms with Gasteiger partial charge in [0.2, 0.25) is 5.91 Å². The van der Waals surface area contributed by atoms with Gasteiger partial charge in [-0.1, -0.05) is 13.3 Å². The summed E-state index contributed by atoms with van der Waals surface area (Å²) in [5, 5.41) is 6.27. The van der Waals surface area contributed by atoms with Gasteiger partial charge in [-0.3, -0.25) is 4.79 Å². The monoisotopic (exact) mass is 242 g/mol. The second kappa shape index (κ2) is 9.42. The molecule has 1 aliphatic heterocycles. The topological polar surface area (TPSA) is 50.4 Å². The van der Waals surface area contributed by atoms with Crippen LogP contribution in [0.4, 0.5) is 0 Å². The number of carbonyl (C=O) groups is 1. The van der Waals surface area contributed by atoms with Crippen LogP contribution >= 0.6 is 0 Å². The highest BCUT2D eigenvalue weighted by Gasteiger charge is 2.16. The average Bonchev–Trinajstić information content (AvgIpc) is 2.80. The van der Waals surface area contributed by atoms with Gasteiger partial charge in [0.1, 0.15) is 0 Å². The Labute approximate surface area is 104 Å². The smallest absolute Gasteiger partial charge is 0.221 e. The van der Waals surface area contributed by atoms with Gasteiger partial charge in [-0.2, -0.15) is 0 Å². The number of hydrogen-bond donors (Lipinski definition) is 2. The summed E-state index contributed by atoms with van der Waals surface area (Å²) >= 11 is 0. The largest absolute Gasteiger partial charge is 0.381 e. The van der Waals surface area contributed by atoms with Crippen molar-refractivity contribution in [2.24, 2.45) is 0 Å². The van der Waals surface area contributed by atoms with Crippen molar-refractivity contribution in [2.45, 2.75) is 51.5 Å². The maximum atomic E-state index is 11.5. The minimum atomic E-state index is 0.165. The number of nitrogens with one attached hydrogen (secondary N) is 2. The molecule has 1 aliphatic rings.